The minimum atomic E-state index is -0.376. The molecule has 0 radical (unpaired) electrons. The third-order valence-electron chi connectivity index (χ3n) is 5.34. The van der Waals surface area contributed by atoms with Crippen molar-refractivity contribution in [1.29, 1.82) is 0 Å². The number of guanidine groups is 1. The van der Waals surface area contributed by atoms with E-state index in [-0.39, 0.29) is 11.7 Å². The maximum absolute atomic E-state index is 13.6. The number of nitrogens with one attached hydrogen (secondary N) is 2. The van der Waals surface area contributed by atoms with Crippen LogP contribution in [0.1, 0.15) is 15.9 Å². The Morgan fingerprint density at radius 2 is 1.84 bits per heavy atom. The Kier molecular flexibility index (Phi) is 7.70. The van der Waals surface area contributed by atoms with Crippen LogP contribution in [0.25, 0.3) is 0 Å². The molecular weight excluding hydrogens is 397 g/mol. The highest BCUT2D eigenvalue weighted by molar-refractivity contribution is 5.94. The summed E-state index contributed by atoms with van der Waals surface area (Å²) < 4.78 is 19.0. The Balaban J connectivity index is 1.43. The first-order valence-electron chi connectivity index (χ1n) is 10.4. The number of aryl methyl sites for hydroxylation is 1. The number of carbonyl (C=O) groups is 1. The summed E-state index contributed by atoms with van der Waals surface area (Å²) in [6.45, 7) is 6.05. The minimum Gasteiger partial charge on any atom is -0.497 e. The van der Waals surface area contributed by atoms with Crippen molar-refractivity contribution in [3.8, 4) is 5.75 Å². The van der Waals surface area contributed by atoms with Crippen LogP contribution >= 0.6 is 0 Å². The fraction of sp³-hybridized carbons (Fsp3) is 0.391. The molecule has 0 aliphatic carbocycles. The summed E-state index contributed by atoms with van der Waals surface area (Å²) in [5.74, 6) is 0.996. The van der Waals surface area contributed by atoms with Crippen molar-refractivity contribution in [1.82, 2.24) is 15.5 Å². The summed E-state index contributed by atoms with van der Waals surface area (Å²) in [4.78, 5) is 21.1. The second-order valence-electron chi connectivity index (χ2n) is 7.37. The zero-order valence-corrected chi connectivity index (χ0v) is 18.3. The van der Waals surface area contributed by atoms with E-state index in [2.05, 4.69) is 31.5 Å². The Morgan fingerprint density at radius 3 is 2.52 bits per heavy atom. The van der Waals surface area contributed by atoms with Crippen LogP contribution in [0.3, 0.4) is 0 Å². The second-order valence-corrected chi connectivity index (χ2v) is 7.37. The van der Waals surface area contributed by atoms with Crippen LogP contribution in [0.5, 0.6) is 5.75 Å². The highest BCUT2D eigenvalue weighted by Gasteiger charge is 2.20. The summed E-state index contributed by atoms with van der Waals surface area (Å²) in [5, 5.41) is 6.09. The number of ether oxygens (including phenoxy) is 1. The zero-order chi connectivity index (χ0) is 22.2. The lowest BCUT2D eigenvalue weighted by molar-refractivity contribution is 0.0953. The number of amides is 1. The van der Waals surface area contributed by atoms with Gasteiger partial charge in [-0.25, -0.2) is 4.39 Å². The average Bonchev–Trinajstić information content (AvgIpc) is 2.81. The quantitative estimate of drug-likeness (QED) is 0.421. The maximum atomic E-state index is 13.6. The van der Waals surface area contributed by atoms with Gasteiger partial charge >= 0.3 is 0 Å². The van der Waals surface area contributed by atoms with E-state index >= 15 is 0 Å². The van der Waals surface area contributed by atoms with Crippen LogP contribution in [0.2, 0.25) is 0 Å². The smallest absolute Gasteiger partial charge is 0.251 e. The number of nitrogens with zero attached hydrogens (tertiary/aromatic N) is 3. The van der Waals surface area contributed by atoms with Crippen molar-refractivity contribution >= 4 is 17.6 Å². The summed E-state index contributed by atoms with van der Waals surface area (Å²) in [6, 6.07) is 12.6. The molecular formula is C23H30FN5O2. The molecule has 1 saturated heterocycles. The molecule has 0 aromatic heterocycles. The number of halogens is 1. The fourth-order valence-corrected chi connectivity index (χ4v) is 3.50. The number of benzene rings is 2. The van der Waals surface area contributed by atoms with Crippen LogP contribution < -0.4 is 20.3 Å². The normalized spacial score (nSPS) is 14.4. The van der Waals surface area contributed by atoms with E-state index in [1.165, 1.54) is 6.07 Å². The van der Waals surface area contributed by atoms with Crippen LogP contribution in [0.15, 0.2) is 47.5 Å². The standard InChI is InChI=1S/C23H30FN5O2/c1-17-7-8-18(15-21(17)24)22(30)26-9-10-27-23(25-2)29-13-11-28(12-14-29)19-5-4-6-20(16-19)31-3/h4-8,15-16H,9-14H2,1-3H3,(H,25,27)(H,26,30). The van der Waals surface area contributed by atoms with Crippen molar-refractivity contribution in [2.24, 2.45) is 4.99 Å². The number of methoxy groups -OCH3 is 1. The Bertz CT molecular complexity index is 926. The molecule has 31 heavy (non-hydrogen) atoms. The van der Waals surface area contributed by atoms with Crippen LogP contribution in [-0.4, -0.2) is 70.2 Å². The lowest BCUT2D eigenvalue weighted by atomic mass is 10.1. The molecule has 0 unspecified atom stereocenters. The molecule has 1 aliphatic rings. The summed E-state index contributed by atoms with van der Waals surface area (Å²) in [5.41, 5.74) is 1.99. The first-order valence-corrected chi connectivity index (χ1v) is 10.4. The van der Waals surface area contributed by atoms with Gasteiger partial charge in [-0.1, -0.05) is 12.1 Å². The fourth-order valence-electron chi connectivity index (χ4n) is 3.50. The first-order chi connectivity index (χ1) is 15.0. The second kappa shape index (κ2) is 10.7. The van der Waals surface area contributed by atoms with E-state index in [0.29, 0.717) is 24.2 Å². The number of hydrogen-bond donors (Lipinski definition) is 2. The monoisotopic (exact) mass is 427 g/mol. The number of carbonyl (C=O) groups excluding carboxylic acids is 1. The van der Waals surface area contributed by atoms with Crippen molar-refractivity contribution < 1.29 is 13.9 Å². The molecule has 8 heteroatoms. The van der Waals surface area contributed by atoms with Crippen LogP contribution in [-0.2, 0) is 0 Å². The lowest BCUT2D eigenvalue weighted by Gasteiger charge is -2.37. The lowest BCUT2D eigenvalue weighted by Crippen LogP contribution is -2.53. The van der Waals surface area contributed by atoms with Gasteiger partial charge in [-0.2, -0.15) is 0 Å². The first kappa shape index (κ1) is 22.4. The molecule has 166 valence electrons. The van der Waals surface area contributed by atoms with Gasteiger partial charge in [0.1, 0.15) is 11.6 Å². The molecule has 1 aliphatic heterocycles. The van der Waals surface area contributed by atoms with Gasteiger partial charge < -0.3 is 25.2 Å². The van der Waals surface area contributed by atoms with Crippen molar-refractivity contribution in [3.63, 3.8) is 0 Å². The van der Waals surface area contributed by atoms with Gasteiger partial charge in [0.2, 0.25) is 0 Å². The SMILES string of the molecule is CN=C(NCCNC(=O)c1ccc(C)c(F)c1)N1CCN(c2cccc(OC)c2)CC1. The largest absolute Gasteiger partial charge is 0.497 e. The van der Waals surface area contributed by atoms with Gasteiger partial charge in [0, 0.05) is 63.6 Å². The highest BCUT2D eigenvalue weighted by atomic mass is 19.1. The topological polar surface area (TPSA) is 69.2 Å². The minimum absolute atomic E-state index is 0.289. The third kappa shape index (κ3) is 5.87. The van der Waals surface area contributed by atoms with E-state index in [1.807, 2.05) is 18.2 Å². The molecule has 1 amide bonds. The van der Waals surface area contributed by atoms with Gasteiger partial charge in [-0.3, -0.25) is 9.79 Å². The van der Waals surface area contributed by atoms with Gasteiger partial charge in [0.15, 0.2) is 5.96 Å². The highest BCUT2D eigenvalue weighted by Crippen LogP contribution is 2.22. The predicted octanol–water partition coefficient (Wildman–Crippen LogP) is 2.27. The molecule has 2 N–H and O–H groups in total. The molecule has 2 aromatic carbocycles. The zero-order valence-electron chi connectivity index (χ0n) is 18.3. The van der Waals surface area contributed by atoms with Crippen LogP contribution in [0, 0.1) is 12.7 Å². The molecule has 3 rings (SSSR count). The Hall–Kier alpha value is -3.29. The van der Waals surface area contributed by atoms with Crippen molar-refractivity contribution in [2.45, 2.75) is 6.92 Å². The van der Waals surface area contributed by atoms with E-state index < -0.39 is 0 Å². The Morgan fingerprint density at radius 1 is 1.10 bits per heavy atom. The van der Waals surface area contributed by atoms with E-state index in [4.69, 9.17) is 4.74 Å². The number of hydrogen-bond acceptors (Lipinski definition) is 4. The molecule has 1 heterocycles. The van der Waals surface area contributed by atoms with Gasteiger partial charge in [-0.05, 0) is 36.8 Å². The van der Waals surface area contributed by atoms with Crippen molar-refractivity contribution in [3.05, 3.63) is 59.4 Å². The van der Waals surface area contributed by atoms with Gasteiger partial charge in [0.25, 0.3) is 5.91 Å². The van der Waals surface area contributed by atoms with Crippen molar-refractivity contribution in [2.75, 3.05) is 58.3 Å². The summed E-state index contributed by atoms with van der Waals surface area (Å²) >= 11 is 0. The predicted molar refractivity (Wildman–Crippen MR) is 122 cm³/mol. The maximum Gasteiger partial charge on any atom is 0.251 e. The number of piperazine rings is 1. The molecule has 1 fully saturated rings. The van der Waals surface area contributed by atoms with E-state index in [1.54, 1.807) is 33.2 Å². The summed E-state index contributed by atoms with van der Waals surface area (Å²) in [7, 11) is 3.43. The van der Waals surface area contributed by atoms with Gasteiger partial charge in [0.05, 0.1) is 7.11 Å². The number of anilines is 1. The van der Waals surface area contributed by atoms with Gasteiger partial charge in [-0.15, -0.1) is 0 Å². The van der Waals surface area contributed by atoms with E-state index in [0.717, 1.165) is 43.6 Å². The summed E-state index contributed by atoms with van der Waals surface area (Å²) in [6.07, 6.45) is 0. The van der Waals surface area contributed by atoms with E-state index in [9.17, 15) is 9.18 Å². The average molecular weight is 428 g/mol. The molecule has 7 nitrogen and oxygen atoms in total. The molecule has 2 aromatic rings. The Labute approximate surface area is 182 Å². The molecule has 0 bridgehead atoms. The third-order valence-corrected chi connectivity index (χ3v) is 5.34. The molecule has 0 spiro atoms. The number of aliphatic imine (C=N–C) groups is 1. The molecule has 0 atom stereocenters. The molecule has 0 saturated carbocycles. The van der Waals surface area contributed by atoms with Crippen LogP contribution in [0.4, 0.5) is 10.1 Å². The number of rotatable bonds is 6.